The lowest BCUT2D eigenvalue weighted by Crippen LogP contribution is -3.03. The molecular formula is C14H27ClN2O. The zero-order valence-electron chi connectivity index (χ0n) is 11.8. The van der Waals surface area contributed by atoms with Crippen molar-refractivity contribution in [2.45, 2.75) is 58.3 Å². The Hall–Kier alpha value is -0.540. The quantitative estimate of drug-likeness (QED) is 0.560. The van der Waals surface area contributed by atoms with Crippen LogP contribution < -0.4 is 17.3 Å². The maximum absolute atomic E-state index is 11.8. The third-order valence-electron chi connectivity index (χ3n) is 3.27. The Morgan fingerprint density at radius 2 is 1.78 bits per heavy atom. The lowest BCUT2D eigenvalue weighted by molar-refractivity contribution is -0.825. The van der Waals surface area contributed by atoms with Gasteiger partial charge < -0.3 is 12.4 Å². The van der Waals surface area contributed by atoms with E-state index in [4.69, 9.17) is 0 Å². The van der Waals surface area contributed by atoms with E-state index in [2.05, 4.69) is 14.0 Å². The summed E-state index contributed by atoms with van der Waals surface area (Å²) in [7, 11) is 2.07. The first kappa shape index (κ1) is 17.5. The molecular weight excluding hydrogens is 248 g/mol. The topological polar surface area (TPSA) is 24.8 Å². The summed E-state index contributed by atoms with van der Waals surface area (Å²) < 4.78 is 0. The van der Waals surface area contributed by atoms with E-state index in [0.717, 1.165) is 13.1 Å². The largest absolute Gasteiger partial charge is 1.00 e. The molecule has 0 saturated carbocycles. The van der Waals surface area contributed by atoms with E-state index in [1.165, 1.54) is 43.4 Å². The molecule has 4 heteroatoms. The second-order valence-electron chi connectivity index (χ2n) is 5.06. The molecule has 0 bridgehead atoms. The maximum atomic E-state index is 11.8. The number of carbonyl (C=O) groups is 1. The van der Waals surface area contributed by atoms with Crippen LogP contribution in [0.3, 0.4) is 0 Å². The first-order valence-electron chi connectivity index (χ1n) is 7.04. The van der Waals surface area contributed by atoms with E-state index in [0.29, 0.717) is 6.42 Å². The predicted octanol–water partition coefficient (Wildman–Crippen LogP) is -1.08. The molecule has 3 nitrogen and oxygen atoms in total. The average molecular weight is 275 g/mol. The van der Waals surface area contributed by atoms with Gasteiger partial charge in [0.1, 0.15) is 6.20 Å². The molecule has 0 aromatic heterocycles. The van der Waals surface area contributed by atoms with Crippen LogP contribution in [0, 0.1) is 0 Å². The fraction of sp³-hybridized carbons (Fsp3) is 0.786. The Bertz CT molecular complexity index is 256. The van der Waals surface area contributed by atoms with Gasteiger partial charge in [-0.05, 0) is 6.42 Å². The molecule has 1 amide bonds. The van der Waals surface area contributed by atoms with Gasteiger partial charge in [-0.15, -0.1) is 0 Å². The highest BCUT2D eigenvalue weighted by Crippen LogP contribution is 2.09. The maximum Gasteiger partial charge on any atom is 0.231 e. The van der Waals surface area contributed by atoms with Crippen LogP contribution in [0.25, 0.3) is 0 Å². The molecule has 18 heavy (non-hydrogen) atoms. The number of nitrogens with one attached hydrogen (secondary N) is 1. The summed E-state index contributed by atoms with van der Waals surface area (Å²) >= 11 is 0. The van der Waals surface area contributed by atoms with Gasteiger partial charge in [0.15, 0.2) is 6.67 Å². The molecule has 1 unspecified atom stereocenters. The van der Waals surface area contributed by atoms with Crippen LogP contribution in [0.15, 0.2) is 12.4 Å². The molecule has 1 aliphatic heterocycles. The van der Waals surface area contributed by atoms with Gasteiger partial charge in [-0.1, -0.05) is 45.4 Å². The molecule has 0 spiro atoms. The Balaban J connectivity index is 0.00000289. The van der Waals surface area contributed by atoms with Crippen molar-refractivity contribution in [1.82, 2.24) is 4.90 Å². The minimum absolute atomic E-state index is 0. The minimum Gasteiger partial charge on any atom is -1.00 e. The molecule has 0 aromatic rings. The number of carbonyl (C=O) groups excluding carboxylic acids is 1. The van der Waals surface area contributed by atoms with Gasteiger partial charge in [-0.25, -0.2) is 0 Å². The van der Waals surface area contributed by atoms with Crippen LogP contribution in [0.1, 0.15) is 58.3 Å². The number of hydrogen-bond acceptors (Lipinski definition) is 1. The second-order valence-corrected chi connectivity index (χ2v) is 5.06. The molecule has 106 valence electrons. The number of amides is 1. The van der Waals surface area contributed by atoms with Crippen molar-refractivity contribution in [3.05, 3.63) is 12.4 Å². The van der Waals surface area contributed by atoms with Crippen LogP contribution in [0.5, 0.6) is 0 Å². The van der Waals surface area contributed by atoms with Gasteiger partial charge in [0.05, 0.1) is 13.2 Å². The van der Waals surface area contributed by atoms with Gasteiger partial charge in [-0.3, -0.25) is 14.6 Å². The summed E-state index contributed by atoms with van der Waals surface area (Å²) in [5, 5.41) is 0. The number of quaternary nitrogens is 1. The summed E-state index contributed by atoms with van der Waals surface area (Å²) in [4.78, 5) is 14.9. The van der Waals surface area contributed by atoms with Gasteiger partial charge in [0.25, 0.3) is 0 Å². The first-order chi connectivity index (χ1) is 8.24. The van der Waals surface area contributed by atoms with E-state index in [1.807, 2.05) is 17.3 Å². The standard InChI is InChI=1S/C14H26N2O.ClH/c1-3-4-5-6-7-8-9-10-14(17)16-12-11-15(2)13-16;/h11-12H,3-10,13H2,1-2H3;1H. The van der Waals surface area contributed by atoms with Crippen molar-refractivity contribution in [3.63, 3.8) is 0 Å². The first-order valence-corrected chi connectivity index (χ1v) is 7.04. The SMILES string of the molecule is CCCCCCCCCC(=O)N1C=C[NH+](C)C1.[Cl-]. The van der Waals surface area contributed by atoms with Crippen molar-refractivity contribution in [1.29, 1.82) is 0 Å². The van der Waals surface area contributed by atoms with E-state index < -0.39 is 0 Å². The number of nitrogens with zero attached hydrogens (tertiary/aromatic N) is 1. The van der Waals surface area contributed by atoms with Gasteiger partial charge >= 0.3 is 0 Å². The number of rotatable bonds is 8. The molecule has 0 radical (unpaired) electrons. The van der Waals surface area contributed by atoms with E-state index >= 15 is 0 Å². The van der Waals surface area contributed by atoms with Crippen molar-refractivity contribution in [2.75, 3.05) is 13.7 Å². The van der Waals surface area contributed by atoms with Gasteiger partial charge in [-0.2, -0.15) is 0 Å². The molecule has 0 aliphatic carbocycles. The molecule has 1 heterocycles. The van der Waals surface area contributed by atoms with E-state index in [-0.39, 0.29) is 18.3 Å². The second kappa shape index (κ2) is 10.4. The zero-order chi connectivity index (χ0) is 12.5. The Kier molecular flexibility index (Phi) is 10.1. The Morgan fingerprint density at radius 3 is 2.33 bits per heavy atom. The molecule has 0 aromatic carbocycles. The van der Waals surface area contributed by atoms with E-state index in [1.54, 1.807) is 0 Å². The summed E-state index contributed by atoms with van der Waals surface area (Å²) in [6, 6.07) is 0. The predicted molar refractivity (Wildman–Crippen MR) is 70.3 cm³/mol. The monoisotopic (exact) mass is 274 g/mol. The third kappa shape index (κ3) is 7.02. The third-order valence-corrected chi connectivity index (χ3v) is 3.27. The van der Waals surface area contributed by atoms with Crippen molar-refractivity contribution in [2.24, 2.45) is 0 Å². The lowest BCUT2D eigenvalue weighted by atomic mass is 10.1. The van der Waals surface area contributed by atoms with Crippen LogP contribution >= 0.6 is 0 Å². The zero-order valence-corrected chi connectivity index (χ0v) is 12.5. The highest BCUT2D eigenvalue weighted by Gasteiger charge is 2.18. The number of unbranched alkanes of at least 4 members (excludes halogenated alkanes) is 6. The summed E-state index contributed by atoms with van der Waals surface area (Å²) in [6.45, 7) is 3.04. The highest BCUT2D eigenvalue weighted by atomic mass is 35.5. The van der Waals surface area contributed by atoms with Crippen LogP contribution in [0.2, 0.25) is 0 Å². The Labute approximate surface area is 118 Å². The normalized spacial score (nSPS) is 17.9. The fourth-order valence-corrected chi connectivity index (χ4v) is 2.14. The summed E-state index contributed by atoms with van der Waals surface area (Å²) in [6.07, 6.45) is 13.5. The molecule has 0 fully saturated rings. The summed E-state index contributed by atoms with van der Waals surface area (Å²) in [5.41, 5.74) is 0. The molecule has 1 rings (SSSR count). The van der Waals surface area contributed by atoms with Crippen LogP contribution in [0.4, 0.5) is 0 Å². The molecule has 1 N–H and O–H groups in total. The van der Waals surface area contributed by atoms with Gasteiger partial charge in [0, 0.05) is 6.42 Å². The Morgan fingerprint density at radius 1 is 1.17 bits per heavy atom. The lowest BCUT2D eigenvalue weighted by Gasteiger charge is -2.12. The molecule has 1 atom stereocenters. The summed E-state index contributed by atoms with van der Waals surface area (Å²) in [5.74, 6) is 0.284. The van der Waals surface area contributed by atoms with Crippen molar-refractivity contribution < 1.29 is 22.1 Å². The van der Waals surface area contributed by atoms with Gasteiger partial charge in [0.2, 0.25) is 5.91 Å². The molecule has 1 aliphatic rings. The minimum atomic E-state index is 0. The fourth-order valence-electron chi connectivity index (χ4n) is 2.14. The van der Waals surface area contributed by atoms with Crippen LogP contribution in [-0.4, -0.2) is 24.5 Å². The van der Waals surface area contributed by atoms with E-state index in [9.17, 15) is 4.79 Å². The number of halogens is 1. The van der Waals surface area contributed by atoms with Crippen LogP contribution in [-0.2, 0) is 4.79 Å². The number of hydrogen-bond donors (Lipinski definition) is 1. The average Bonchev–Trinajstić information content (AvgIpc) is 2.74. The highest BCUT2D eigenvalue weighted by molar-refractivity contribution is 5.77. The van der Waals surface area contributed by atoms with Crippen molar-refractivity contribution >= 4 is 5.91 Å². The van der Waals surface area contributed by atoms with Crippen molar-refractivity contribution in [3.8, 4) is 0 Å². The molecule has 0 saturated heterocycles. The smallest absolute Gasteiger partial charge is 0.231 e.